The summed E-state index contributed by atoms with van der Waals surface area (Å²) < 4.78 is 13.1. The van der Waals surface area contributed by atoms with Crippen LogP contribution >= 0.6 is 0 Å². The normalized spacial score (nSPS) is 29.1. The average Bonchev–Trinajstić information content (AvgIpc) is 3.14. The first-order valence-electron chi connectivity index (χ1n) is 11.1. The van der Waals surface area contributed by atoms with E-state index in [9.17, 15) is 4.79 Å². The lowest BCUT2D eigenvalue weighted by Crippen LogP contribution is -2.53. The first-order chi connectivity index (χ1) is 14.9. The van der Waals surface area contributed by atoms with E-state index in [0.29, 0.717) is 12.0 Å². The van der Waals surface area contributed by atoms with Gasteiger partial charge in [0.05, 0.1) is 12.2 Å². The zero-order valence-corrected chi connectivity index (χ0v) is 18.0. The van der Waals surface area contributed by atoms with E-state index in [2.05, 4.69) is 49.1 Å². The Morgan fingerprint density at radius 3 is 2.74 bits per heavy atom. The lowest BCUT2D eigenvalue weighted by Gasteiger charge is -2.50. The maximum Gasteiger partial charge on any atom is 0.328 e. The van der Waals surface area contributed by atoms with Crippen molar-refractivity contribution in [1.29, 1.82) is 0 Å². The molecular weight excluding hydrogens is 390 g/mol. The number of aliphatic carboxylic acids is 1. The topological polar surface area (TPSA) is 59.0 Å². The zero-order chi connectivity index (χ0) is 21.6. The molecule has 162 valence electrons. The van der Waals surface area contributed by atoms with E-state index in [1.807, 2.05) is 18.2 Å². The van der Waals surface area contributed by atoms with Gasteiger partial charge in [0, 0.05) is 36.7 Å². The Hall–Kier alpha value is -2.63. The number of hydrogen-bond acceptors (Lipinski definition) is 4. The molecule has 0 unspecified atom stereocenters. The van der Waals surface area contributed by atoms with Crippen molar-refractivity contribution in [2.45, 2.75) is 57.1 Å². The van der Waals surface area contributed by atoms with Crippen LogP contribution in [-0.2, 0) is 16.1 Å². The van der Waals surface area contributed by atoms with Crippen LogP contribution in [0.4, 0.5) is 0 Å². The van der Waals surface area contributed by atoms with Crippen LogP contribution in [0.3, 0.4) is 0 Å². The van der Waals surface area contributed by atoms with E-state index in [1.54, 1.807) is 6.08 Å². The summed E-state index contributed by atoms with van der Waals surface area (Å²) in [4.78, 5) is 13.2. The van der Waals surface area contributed by atoms with Crippen molar-refractivity contribution in [3.8, 4) is 5.75 Å². The maximum atomic E-state index is 10.7. The molecule has 1 N–H and O–H groups in total. The molecule has 2 saturated heterocycles. The van der Waals surface area contributed by atoms with Gasteiger partial charge in [-0.3, -0.25) is 4.90 Å². The van der Waals surface area contributed by atoms with Crippen LogP contribution in [0.15, 0.2) is 54.6 Å². The molecule has 0 amide bonds. The highest BCUT2D eigenvalue weighted by molar-refractivity contribution is 5.85. The third-order valence-electron chi connectivity index (χ3n) is 7.06. The quantitative estimate of drug-likeness (QED) is 0.730. The van der Waals surface area contributed by atoms with Crippen molar-refractivity contribution in [2.24, 2.45) is 5.92 Å². The van der Waals surface area contributed by atoms with Gasteiger partial charge in [-0.1, -0.05) is 42.5 Å². The number of rotatable bonds is 4. The summed E-state index contributed by atoms with van der Waals surface area (Å²) in [6.45, 7) is 6.28. The Labute approximate surface area is 183 Å². The summed E-state index contributed by atoms with van der Waals surface area (Å²) in [6.07, 6.45) is 5.26. The first-order valence-corrected chi connectivity index (χ1v) is 11.1. The van der Waals surface area contributed by atoms with Crippen LogP contribution < -0.4 is 4.74 Å². The molecular formula is C26H29NO4. The van der Waals surface area contributed by atoms with Gasteiger partial charge in [0.1, 0.15) is 11.4 Å². The van der Waals surface area contributed by atoms with Gasteiger partial charge in [-0.15, -0.1) is 0 Å². The first kappa shape index (κ1) is 20.3. The fourth-order valence-corrected chi connectivity index (χ4v) is 5.45. The highest BCUT2D eigenvalue weighted by Crippen LogP contribution is 2.52. The van der Waals surface area contributed by atoms with E-state index in [-0.39, 0.29) is 17.8 Å². The highest BCUT2D eigenvalue weighted by Gasteiger charge is 2.52. The van der Waals surface area contributed by atoms with Gasteiger partial charge in [-0.2, -0.15) is 0 Å². The molecule has 0 bridgehead atoms. The lowest BCUT2D eigenvalue weighted by molar-refractivity contribution is -0.162. The summed E-state index contributed by atoms with van der Waals surface area (Å²) in [7, 11) is 0. The molecule has 5 heteroatoms. The highest BCUT2D eigenvalue weighted by atomic mass is 16.5. The minimum atomic E-state index is -0.931. The van der Waals surface area contributed by atoms with E-state index in [0.717, 1.165) is 37.2 Å². The third-order valence-corrected chi connectivity index (χ3v) is 7.06. The van der Waals surface area contributed by atoms with Crippen LogP contribution in [0, 0.1) is 5.92 Å². The Morgan fingerprint density at radius 1 is 1.19 bits per heavy atom. The van der Waals surface area contributed by atoms with Crippen molar-refractivity contribution in [3.63, 3.8) is 0 Å². The maximum absolute atomic E-state index is 10.7. The fraction of sp³-hybridized carbons (Fsp3) is 0.423. The molecule has 0 radical (unpaired) electrons. The number of carboxylic acid groups (broad SMARTS) is 1. The Kier molecular flexibility index (Phi) is 5.11. The van der Waals surface area contributed by atoms with Crippen LogP contribution in [0.1, 0.15) is 49.5 Å². The molecule has 4 atom stereocenters. The van der Waals surface area contributed by atoms with Crippen LogP contribution in [0.5, 0.6) is 5.75 Å². The van der Waals surface area contributed by atoms with Gasteiger partial charge < -0.3 is 14.6 Å². The van der Waals surface area contributed by atoms with E-state index in [4.69, 9.17) is 14.6 Å². The second-order valence-electron chi connectivity index (χ2n) is 9.42. The third kappa shape index (κ3) is 3.88. The van der Waals surface area contributed by atoms with Crippen LogP contribution in [0.25, 0.3) is 6.08 Å². The van der Waals surface area contributed by atoms with E-state index < -0.39 is 5.97 Å². The number of hydrogen-bond donors (Lipinski definition) is 1. The molecule has 31 heavy (non-hydrogen) atoms. The molecule has 2 fully saturated rings. The van der Waals surface area contributed by atoms with Crippen molar-refractivity contribution >= 4 is 12.0 Å². The molecule has 3 heterocycles. The molecule has 3 aliphatic heterocycles. The molecule has 5 nitrogen and oxygen atoms in total. The Balaban J connectivity index is 1.32. The standard InChI is InChI=1S/C26H29NO4/c1-26(2)20-15-21-23(30-25(20)19-5-3-4-6-22(19)31-26)13-14-27(21)16-18-9-7-17(8-10-18)11-12-24(28)29/h3-12,20-21,23,25H,13-16H2,1-2H3,(H,28,29)/b12-11+/t20-,21+,23-,25+/m1/s1. The van der Waals surface area contributed by atoms with Gasteiger partial charge >= 0.3 is 5.97 Å². The average molecular weight is 420 g/mol. The number of benzene rings is 2. The summed E-state index contributed by atoms with van der Waals surface area (Å²) in [5, 5.41) is 8.79. The number of likely N-dealkylation sites (tertiary alicyclic amines) is 1. The predicted octanol–water partition coefficient (Wildman–Crippen LogP) is 4.68. The van der Waals surface area contributed by atoms with Gasteiger partial charge in [0.25, 0.3) is 0 Å². The Bertz CT molecular complexity index is 997. The SMILES string of the molecule is CC1(C)Oc2ccccc2[C@@H]2O[C@@H]3CCN(Cc4ccc(/C=C/C(=O)O)cc4)[C@H]3C[C@H]21. The lowest BCUT2D eigenvalue weighted by atomic mass is 9.74. The molecule has 2 aromatic rings. The van der Waals surface area contributed by atoms with Crippen LogP contribution in [-0.4, -0.2) is 40.3 Å². The molecule has 3 aliphatic rings. The summed E-state index contributed by atoms with van der Waals surface area (Å²) in [5.74, 6) is 0.340. The van der Waals surface area contributed by atoms with E-state index in [1.165, 1.54) is 17.2 Å². The van der Waals surface area contributed by atoms with Crippen molar-refractivity contribution < 1.29 is 19.4 Å². The van der Waals surface area contributed by atoms with Gasteiger partial charge in [-0.25, -0.2) is 4.79 Å². The minimum Gasteiger partial charge on any atom is -0.487 e. The van der Waals surface area contributed by atoms with Gasteiger partial charge in [0.2, 0.25) is 0 Å². The number of carbonyl (C=O) groups is 1. The number of nitrogens with zero attached hydrogens (tertiary/aromatic N) is 1. The molecule has 0 saturated carbocycles. The van der Waals surface area contributed by atoms with E-state index >= 15 is 0 Å². The second-order valence-corrected chi connectivity index (χ2v) is 9.42. The van der Waals surface area contributed by atoms with Crippen LogP contribution in [0.2, 0.25) is 0 Å². The predicted molar refractivity (Wildman–Crippen MR) is 119 cm³/mol. The molecule has 0 spiro atoms. The summed E-state index contributed by atoms with van der Waals surface area (Å²) in [6, 6.07) is 16.8. The van der Waals surface area contributed by atoms with Gasteiger partial charge in [-0.05, 0) is 50.0 Å². The summed E-state index contributed by atoms with van der Waals surface area (Å²) >= 11 is 0. The number of carboxylic acids is 1. The number of para-hydroxylation sites is 1. The molecule has 2 aromatic carbocycles. The molecule has 0 aliphatic carbocycles. The monoisotopic (exact) mass is 419 g/mol. The Morgan fingerprint density at radius 2 is 1.97 bits per heavy atom. The second kappa shape index (κ2) is 7.81. The van der Waals surface area contributed by atoms with Gasteiger partial charge in [0.15, 0.2) is 0 Å². The molecule has 0 aromatic heterocycles. The molecule has 5 rings (SSSR count). The van der Waals surface area contributed by atoms with Crippen molar-refractivity contribution in [1.82, 2.24) is 4.90 Å². The van der Waals surface area contributed by atoms with Crippen molar-refractivity contribution in [3.05, 3.63) is 71.3 Å². The fourth-order valence-electron chi connectivity index (χ4n) is 5.45. The smallest absolute Gasteiger partial charge is 0.328 e. The number of ether oxygens (including phenoxy) is 2. The minimum absolute atomic E-state index is 0.0986. The zero-order valence-electron chi connectivity index (χ0n) is 18.0. The van der Waals surface area contributed by atoms with Crippen molar-refractivity contribution in [2.75, 3.05) is 6.54 Å². The largest absolute Gasteiger partial charge is 0.487 e. The number of fused-ring (bicyclic) bond motifs is 4. The summed E-state index contributed by atoms with van der Waals surface area (Å²) in [5.41, 5.74) is 3.05.